The number of aromatic nitrogens is 2. The Morgan fingerprint density at radius 2 is 1.76 bits per heavy atom. The SMILES string of the molecule is Cc1nc(NCCC2=CCCCC2)cc(N2CCN(c3ccc(F)cc3)CC2)n1. The number of benzene rings is 1. The van der Waals surface area contributed by atoms with Crippen molar-refractivity contribution in [3.8, 4) is 0 Å². The highest BCUT2D eigenvalue weighted by Crippen LogP contribution is 2.23. The molecule has 0 spiro atoms. The molecule has 2 aromatic rings. The van der Waals surface area contributed by atoms with E-state index in [2.05, 4.69) is 37.2 Å². The lowest BCUT2D eigenvalue weighted by molar-refractivity contribution is 0.624. The number of rotatable bonds is 6. The van der Waals surface area contributed by atoms with Gasteiger partial charge in [0.15, 0.2) is 0 Å². The molecule has 29 heavy (non-hydrogen) atoms. The summed E-state index contributed by atoms with van der Waals surface area (Å²) in [6, 6.07) is 8.82. The molecule has 0 unspecified atom stereocenters. The summed E-state index contributed by atoms with van der Waals surface area (Å²) >= 11 is 0. The summed E-state index contributed by atoms with van der Waals surface area (Å²) in [7, 11) is 0. The van der Waals surface area contributed by atoms with E-state index in [0.29, 0.717) is 0 Å². The lowest BCUT2D eigenvalue weighted by Crippen LogP contribution is -2.46. The molecule has 1 N–H and O–H groups in total. The van der Waals surface area contributed by atoms with Crippen LogP contribution in [-0.2, 0) is 0 Å². The van der Waals surface area contributed by atoms with Crippen LogP contribution in [0.25, 0.3) is 0 Å². The Morgan fingerprint density at radius 3 is 2.48 bits per heavy atom. The van der Waals surface area contributed by atoms with Gasteiger partial charge in [0.25, 0.3) is 0 Å². The van der Waals surface area contributed by atoms with Gasteiger partial charge in [-0.15, -0.1) is 0 Å². The Labute approximate surface area is 172 Å². The van der Waals surface area contributed by atoms with Gasteiger partial charge in [-0.3, -0.25) is 0 Å². The quantitative estimate of drug-likeness (QED) is 0.727. The number of hydrogen-bond donors (Lipinski definition) is 1. The van der Waals surface area contributed by atoms with Gasteiger partial charge in [-0.2, -0.15) is 0 Å². The maximum atomic E-state index is 13.2. The first-order valence-electron chi connectivity index (χ1n) is 10.7. The number of nitrogens with zero attached hydrogens (tertiary/aromatic N) is 4. The maximum absolute atomic E-state index is 13.2. The lowest BCUT2D eigenvalue weighted by Gasteiger charge is -2.36. The zero-order chi connectivity index (χ0) is 20.1. The van der Waals surface area contributed by atoms with Gasteiger partial charge >= 0.3 is 0 Å². The van der Waals surface area contributed by atoms with Crippen LogP contribution in [0.1, 0.15) is 37.9 Å². The topological polar surface area (TPSA) is 44.3 Å². The van der Waals surface area contributed by atoms with Crippen LogP contribution in [0.5, 0.6) is 0 Å². The third-order valence-corrected chi connectivity index (χ3v) is 5.76. The lowest BCUT2D eigenvalue weighted by atomic mass is 9.97. The fourth-order valence-corrected chi connectivity index (χ4v) is 4.13. The second-order valence-corrected chi connectivity index (χ2v) is 7.89. The summed E-state index contributed by atoms with van der Waals surface area (Å²) in [6.45, 7) is 6.44. The molecular weight excluding hydrogens is 365 g/mol. The van der Waals surface area contributed by atoms with Gasteiger partial charge in [-0.05, 0) is 63.3 Å². The summed E-state index contributed by atoms with van der Waals surface area (Å²) in [6.07, 6.45) is 8.63. The van der Waals surface area contributed by atoms with Crippen LogP contribution in [0.3, 0.4) is 0 Å². The Kier molecular flexibility index (Phi) is 6.27. The van der Waals surface area contributed by atoms with E-state index in [1.54, 1.807) is 5.57 Å². The summed E-state index contributed by atoms with van der Waals surface area (Å²) in [4.78, 5) is 13.8. The molecule has 1 aliphatic carbocycles. The first-order chi connectivity index (χ1) is 14.2. The number of halogens is 1. The Balaban J connectivity index is 1.34. The minimum absolute atomic E-state index is 0.191. The van der Waals surface area contributed by atoms with Crippen LogP contribution < -0.4 is 15.1 Å². The maximum Gasteiger partial charge on any atom is 0.134 e. The van der Waals surface area contributed by atoms with Crippen molar-refractivity contribution in [2.45, 2.75) is 39.0 Å². The highest BCUT2D eigenvalue weighted by molar-refractivity contribution is 5.52. The first kappa shape index (κ1) is 19.7. The predicted octanol–water partition coefficient (Wildman–Crippen LogP) is 4.55. The molecule has 4 rings (SSSR count). The summed E-state index contributed by atoms with van der Waals surface area (Å²) < 4.78 is 13.2. The molecule has 1 aliphatic heterocycles. The van der Waals surface area contributed by atoms with E-state index >= 15 is 0 Å². The molecule has 6 heteroatoms. The molecule has 2 heterocycles. The molecule has 1 aromatic heterocycles. The van der Waals surface area contributed by atoms with Crippen molar-refractivity contribution in [2.24, 2.45) is 0 Å². The van der Waals surface area contributed by atoms with E-state index in [1.807, 2.05) is 19.1 Å². The van der Waals surface area contributed by atoms with Crippen molar-refractivity contribution in [3.05, 3.63) is 53.6 Å². The molecule has 5 nitrogen and oxygen atoms in total. The van der Waals surface area contributed by atoms with Gasteiger partial charge in [0.2, 0.25) is 0 Å². The van der Waals surface area contributed by atoms with Crippen LogP contribution in [0.15, 0.2) is 42.0 Å². The molecule has 0 radical (unpaired) electrons. The number of piperazine rings is 1. The third-order valence-electron chi connectivity index (χ3n) is 5.76. The van der Waals surface area contributed by atoms with Gasteiger partial charge in [0, 0.05) is 44.5 Å². The molecule has 0 amide bonds. The van der Waals surface area contributed by atoms with Gasteiger partial charge in [-0.1, -0.05) is 11.6 Å². The van der Waals surface area contributed by atoms with Crippen LogP contribution in [0, 0.1) is 12.7 Å². The average Bonchev–Trinajstić information content (AvgIpc) is 2.75. The van der Waals surface area contributed by atoms with Crippen molar-refractivity contribution in [2.75, 3.05) is 47.8 Å². The standard InChI is InChI=1S/C23H30FN5/c1-18-26-22(25-12-11-19-5-3-2-4-6-19)17-23(27-18)29-15-13-28(14-16-29)21-9-7-20(24)8-10-21/h5,7-10,17H,2-4,6,11-16H2,1H3,(H,25,26,27). The highest BCUT2D eigenvalue weighted by Gasteiger charge is 2.19. The number of hydrogen-bond acceptors (Lipinski definition) is 5. The summed E-state index contributed by atoms with van der Waals surface area (Å²) in [5, 5.41) is 3.49. The summed E-state index contributed by atoms with van der Waals surface area (Å²) in [5.41, 5.74) is 2.65. The second-order valence-electron chi connectivity index (χ2n) is 7.89. The molecule has 154 valence electrons. The van der Waals surface area contributed by atoms with E-state index in [4.69, 9.17) is 0 Å². The Hall–Kier alpha value is -2.63. The van der Waals surface area contributed by atoms with Gasteiger partial charge < -0.3 is 15.1 Å². The zero-order valence-corrected chi connectivity index (χ0v) is 17.2. The zero-order valence-electron chi connectivity index (χ0n) is 17.2. The molecule has 1 aromatic carbocycles. The van der Waals surface area contributed by atoms with Crippen molar-refractivity contribution in [3.63, 3.8) is 0 Å². The molecule has 0 atom stereocenters. The van der Waals surface area contributed by atoms with E-state index in [1.165, 1.54) is 37.8 Å². The molecule has 1 fully saturated rings. The first-order valence-corrected chi connectivity index (χ1v) is 10.7. The molecular formula is C23H30FN5. The number of anilines is 3. The normalized spacial score (nSPS) is 17.2. The van der Waals surface area contributed by atoms with E-state index in [-0.39, 0.29) is 5.82 Å². The van der Waals surface area contributed by atoms with Crippen LogP contribution in [0.4, 0.5) is 21.7 Å². The van der Waals surface area contributed by atoms with Crippen molar-refractivity contribution in [1.29, 1.82) is 0 Å². The van der Waals surface area contributed by atoms with E-state index in [0.717, 1.165) is 62.3 Å². The molecule has 1 saturated heterocycles. The van der Waals surface area contributed by atoms with Crippen molar-refractivity contribution in [1.82, 2.24) is 9.97 Å². The minimum atomic E-state index is -0.191. The molecule has 0 bridgehead atoms. The average molecular weight is 396 g/mol. The predicted molar refractivity (Wildman–Crippen MR) is 117 cm³/mol. The molecule has 2 aliphatic rings. The fraction of sp³-hybridized carbons (Fsp3) is 0.478. The largest absolute Gasteiger partial charge is 0.370 e. The second kappa shape index (κ2) is 9.25. The number of aryl methyl sites for hydroxylation is 1. The third kappa shape index (κ3) is 5.25. The van der Waals surface area contributed by atoms with Crippen LogP contribution in [0.2, 0.25) is 0 Å². The van der Waals surface area contributed by atoms with Gasteiger partial charge in [-0.25, -0.2) is 14.4 Å². The fourth-order valence-electron chi connectivity index (χ4n) is 4.13. The van der Waals surface area contributed by atoms with Crippen molar-refractivity contribution < 1.29 is 4.39 Å². The number of nitrogens with one attached hydrogen (secondary N) is 1. The van der Waals surface area contributed by atoms with Crippen molar-refractivity contribution >= 4 is 17.3 Å². The number of allylic oxidation sites excluding steroid dienone is 1. The molecule has 0 saturated carbocycles. The van der Waals surface area contributed by atoms with Gasteiger partial charge in [0.05, 0.1) is 0 Å². The monoisotopic (exact) mass is 395 g/mol. The van der Waals surface area contributed by atoms with E-state index in [9.17, 15) is 4.39 Å². The van der Waals surface area contributed by atoms with Crippen LogP contribution in [-0.4, -0.2) is 42.7 Å². The minimum Gasteiger partial charge on any atom is -0.370 e. The Morgan fingerprint density at radius 1 is 1.00 bits per heavy atom. The smallest absolute Gasteiger partial charge is 0.134 e. The van der Waals surface area contributed by atoms with E-state index < -0.39 is 0 Å². The summed E-state index contributed by atoms with van der Waals surface area (Å²) in [5.74, 6) is 2.49. The Bertz CT molecular complexity index is 841. The highest BCUT2D eigenvalue weighted by atomic mass is 19.1. The van der Waals surface area contributed by atoms with Crippen LogP contribution >= 0.6 is 0 Å². The van der Waals surface area contributed by atoms with Gasteiger partial charge in [0.1, 0.15) is 23.3 Å².